The molecular formula is C6H14N2O2. The zero-order valence-electron chi connectivity index (χ0n) is 6.29. The predicted octanol–water partition coefficient (Wildman–Crippen LogP) is -0.604. The summed E-state index contributed by atoms with van der Waals surface area (Å²) in [5.41, 5.74) is 5.39. The summed E-state index contributed by atoms with van der Waals surface area (Å²) in [6, 6.07) is -0.507. The summed E-state index contributed by atoms with van der Waals surface area (Å²) in [5.74, 6) is -0.847. The molecule has 0 amide bonds. The molecule has 10 heavy (non-hydrogen) atoms. The molecule has 0 fully saturated rings. The molecule has 0 rings (SSSR count). The van der Waals surface area contributed by atoms with Crippen LogP contribution in [-0.4, -0.2) is 29.7 Å². The highest BCUT2D eigenvalue weighted by Gasteiger charge is 2.08. The van der Waals surface area contributed by atoms with Crippen molar-refractivity contribution in [2.24, 2.45) is 5.73 Å². The van der Waals surface area contributed by atoms with Crippen LogP contribution in [0.3, 0.4) is 0 Å². The first-order valence-electron chi connectivity index (χ1n) is 3.25. The van der Waals surface area contributed by atoms with Crippen molar-refractivity contribution >= 4 is 5.97 Å². The number of nitrogens with two attached hydrogens (primary N) is 1. The van der Waals surface area contributed by atoms with E-state index in [0.717, 1.165) is 0 Å². The van der Waals surface area contributed by atoms with E-state index >= 15 is 0 Å². The van der Waals surface area contributed by atoms with Gasteiger partial charge in [-0.15, -0.1) is 0 Å². The average Bonchev–Trinajstić information content (AvgIpc) is 1.82. The van der Waals surface area contributed by atoms with Gasteiger partial charge in [0.25, 0.3) is 0 Å². The van der Waals surface area contributed by atoms with E-state index in [0.29, 0.717) is 6.54 Å². The van der Waals surface area contributed by atoms with Crippen LogP contribution < -0.4 is 11.1 Å². The SMILES string of the molecule is CC(N)CNC(C)C(=O)O. The average molecular weight is 146 g/mol. The van der Waals surface area contributed by atoms with Crippen LogP contribution in [0.5, 0.6) is 0 Å². The third-order valence-electron chi connectivity index (χ3n) is 1.12. The molecule has 0 bridgehead atoms. The molecule has 4 heteroatoms. The lowest BCUT2D eigenvalue weighted by molar-refractivity contribution is -0.138. The largest absolute Gasteiger partial charge is 0.480 e. The van der Waals surface area contributed by atoms with Crippen molar-refractivity contribution in [1.29, 1.82) is 0 Å². The fourth-order valence-corrected chi connectivity index (χ4v) is 0.450. The topological polar surface area (TPSA) is 75.3 Å². The Balaban J connectivity index is 3.40. The molecule has 0 aromatic carbocycles. The number of aliphatic carboxylic acids is 1. The van der Waals surface area contributed by atoms with E-state index in [1.807, 2.05) is 6.92 Å². The minimum absolute atomic E-state index is 0.00167. The molecule has 2 unspecified atom stereocenters. The first-order valence-corrected chi connectivity index (χ1v) is 3.25. The second-order valence-corrected chi connectivity index (χ2v) is 2.45. The highest BCUT2D eigenvalue weighted by molar-refractivity contribution is 5.72. The summed E-state index contributed by atoms with van der Waals surface area (Å²) in [7, 11) is 0. The van der Waals surface area contributed by atoms with E-state index in [1.165, 1.54) is 0 Å². The van der Waals surface area contributed by atoms with Gasteiger partial charge in [-0.25, -0.2) is 0 Å². The maximum atomic E-state index is 10.2. The van der Waals surface area contributed by atoms with Gasteiger partial charge in [-0.2, -0.15) is 0 Å². The van der Waals surface area contributed by atoms with Crippen molar-refractivity contribution in [3.63, 3.8) is 0 Å². The van der Waals surface area contributed by atoms with E-state index < -0.39 is 12.0 Å². The molecule has 4 N–H and O–H groups in total. The molecule has 0 aliphatic heterocycles. The Bertz CT molecular complexity index is 114. The van der Waals surface area contributed by atoms with Crippen LogP contribution in [0.4, 0.5) is 0 Å². The molecule has 0 aromatic heterocycles. The van der Waals surface area contributed by atoms with Crippen LogP contribution in [0, 0.1) is 0 Å². The number of hydrogen-bond acceptors (Lipinski definition) is 3. The van der Waals surface area contributed by atoms with Crippen LogP contribution in [0.15, 0.2) is 0 Å². The second kappa shape index (κ2) is 4.24. The van der Waals surface area contributed by atoms with Crippen molar-refractivity contribution in [3.05, 3.63) is 0 Å². The van der Waals surface area contributed by atoms with Gasteiger partial charge in [0.05, 0.1) is 0 Å². The van der Waals surface area contributed by atoms with Gasteiger partial charge in [0, 0.05) is 12.6 Å². The normalized spacial score (nSPS) is 16.3. The molecule has 4 nitrogen and oxygen atoms in total. The maximum absolute atomic E-state index is 10.2. The Morgan fingerprint density at radius 2 is 2.20 bits per heavy atom. The molecule has 0 saturated heterocycles. The number of hydrogen-bond donors (Lipinski definition) is 3. The highest BCUT2D eigenvalue weighted by atomic mass is 16.4. The quantitative estimate of drug-likeness (QED) is 0.495. The van der Waals surface area contributed by atoms with Crippen molar-refractivity contribution in [2.45, 2.75) is 25.9 Å². The second-order valence-electron chi connectivity index (χ2n) is 2.45. The number of nitrogens with one attached hydrogen (secondary N) is 1. The standard InChI is InChI=1S/C6H14N2O2/c1-4(7)3-8-5(2)6(9)10/h4-5,8H,3,7H2,1-2H3,(H,9,10). The maximum Gasteiger partial charge on any atom is 0.320 e. The van der Waals surface area contributed by atoms with Gasteiger partial charge >= 0.3 is 5.97 Å². The third-order valence-corrected chi connectivity index (χ3v) is 1.12. The molecule has 60 valence electrons. The molecule has 0 aliphatic rings. The molecule has 0 aliphatic carbocycles. The fourth-order valence-electron chi connectivity index (χ4n) is 0.450. The van der Waals surface area contributed by atoms with Crippen LogP contribution in [0.25, 0.3) is 0 Å². The lowest BCUT2D eigenvalue weighted by Crippen LogP contribution is -2.40. The van der Waals surface area contributed by atoms with Gasteiger partial charge in [-0.3, -0.25) is 4.79 Å². The predicted molar refractivity (Wildman–Crippen MR) is 38.7 cm³/mol. The van der Waals surface area contributed by atoms with Gasteiger partial charge in [-0.05, 0) is 13.8 Å². The van der Waals surface area contributed by atoms with Gasteiger partial charge in [0.1, 0.15) is 6.04 Å². The highest BCUT2D eigenvalue weighted by Crippen LogP contribution is 1.80. The van der Waals surface area contributed by atoms with Crippen molar-refractivity contribution in [2.75, 3.05) is 6.54 Å². The molecule has 0 spiro atoms. The van der Waals surface area contributed by atoms with Crippen LogP contribution in [-0.2, 0) is 4.79 Å². The monoisotopic (exact) mass is 146 g/mol. The Kier molecular flexibility index (Phi) is 3.99. The van der Waals surface area contributed by atoms with Gasteiger partial charge < -0.3 is 16.2 Å². The Labute approximate surface area is 60.4 Å². The minimum atomic E-state index is -0.847. The first kappa shape index (κ1) is 9.39. The molecule has 0 heterocycles. The molecule has 2 atom stereocenters. The van der Waals surface area contributed by atoms with E-state index in [-0.39, 0.29) is 6.04 Å². The van der Waals surface area contributed by atoms with Gasteiger partial charge in [-0.1, -0.05) is 0 Å². The smallest absolute Gasteiger partial charge is 0.320 e. The number of carbonyl (C=O) groups is 1. The van der Waals surface area contributed by atoms with E-state index in [1.54, 1.807) is 6.92 Å². The number of rotatable bonds is 4. The summed E-state index contributed by atoms with van der Waals surface area (Å²) in [5, 5.41) is 11.1. The minimum Gasteiger partial charge on any atom is -0.480 e. The van der Waals surface area contributed by atoms with E-state index in [4.69, 9.17) is 10.8 Å². The molecular weight excluding hydrogens is 132 g/mol. The van der Waals surface area contributed by atoms with Crippen LogP contribution in [0.2, 0.25) is 0 Å². The summed E-state index contributed by atoms with van der Waals surface area (Å²) in [4.78, 5) is 10.2. The fraction of sp³-hybridized carbons (Fsp3) is 0.833. The zero-order chi connectivity index (χ0) is 8.15. The van der Waals surface area contributed by atoms with E-state index in [2.05, 4.69) is 5.32 Å². The Hall–Kier alpha value is -0.610. The van der Waals surface area contributed by atoms with Crippen LogP contribution >= 0.6 is 0 Å². The molecule has 0 aromatic rings. The van der Waals surface area contributed by atoms with E-state index in [9.17, 15) is 4.79 Å². The third kappa shape index (κ3) is 4.29. The summed E-state index contributed by atoms with van der Waals surface area (Å²) >= 11 is 0. The number of carboxylic acids is 1. The molecule has 0 radical (unpaired) electrons. The zero-order valence-corrected chi connectivity index (χ0v) is 6.29. The van der Waals surface area contributed by atoms with Gasteiger partial charge in [0.15, 0.2) is 0 Å². The summed E-state index contributed by atoms with van der Waals surface area (Å²) in [6.07, 6.45) is 0. The lowest BCUT2D eigenvalue weighted by Gasteiger charge is -2.10. The Morgan fingerprint density at radius 3 is 2.50 bits per heavy atom. The number of carboxylic acid groups (broad SMARTS) is 1. The van der Waals surface area contributed by atoms with Gasteiger partial charge in [0.2, 0.25) is 0 Å². The summed E-state index contributed by atoms with van der Waals surface area (Å²) in [6.45, 7) is 3.94. The Morgan fingerprint density at radius 1 is 1.70 bits per heavy atom. The van der Waals surface area contributed by atoms with Crippen LogP contribution in [0.1, 0.15) is 13.8 Å². The lowest BCUT2D eigenvalue weighted by atomic mass is 10.3. The van der Waals surface area contributed by atoms with Crippen molar-refractivity contribution in [1.82, 2.24) is 5.32 Å². The summed E-state index contributed by atoms with van der Waals surface area (Å²) < 4.78 is 0. The first-order chi connectivity index (χ1) is 4.54. The van der Waals surface area contributed by atoms with Crippen molar-refractivity contribution < 1.29 is 9.90 Å². The van der Waals surface area contributed by atoms with Crippen molar-refractivity contribution in [3.8, 4) is 0 Å². The molecule has 0 saturated carbocycles.